The van der Waals surface area contributed by atoms with Crippen molar-refractivity contribution in [3.05, 3.63) is 18.2 Å². The topological polar surface area (TPSA) is 59.6 Å². The second-order valence-corrected chi connectivity index (χ2v) is 5.39. The lowest BCUT2D eigenvalue weighted by atomic mass is 10.1. The molecule has 1 rings (SSSR count). The molecule has 2 N–H and O–H groups in total. The van der Waals surface area contributed by atoms with Gasteiger partial charge in [0.25, 0.3) is 0 Å². The third kappa shape index (κ3) is 6.40. The van der Waals surface area contributed by atoms with E-state index in [0.29, 0.717) is 5.75 Å². The molecule has 1 aromatic carbocycles. The molecule has 118 valence electrons. The van der Waals surface area contributed by atoms with Gasteiger partial charge in [-0.15, -0.1) is 0 Å². The smallest absolute Gasteiger partial charge is 0.387 e. The molecular weight excluding hydrogens is 282 g/mol. The minimum Gasteiger partial charge on any atom is -0.497 e. The van der Waals surface area contributed by atoms with Crippen LogP contribution in [0.3, 0.4) is 0 Å². The van der Waals surface area contributed by atoms with Gasteiger partial charge in [0, 0.05) is 11.6 Å². The fraction of sp³-hybridized carbons (Fsp3) is 0.500. The number of anilines is 1. The van der Waals surface area contributed by atoms with Crippen molar-refractivity contribution in [3.8, 4) is 11.5 Å². The summed E-state index contributed by atoms with van der Waals surface area (Å²) in [5, 5.41) is 5.52. The number of carbonyl (C=O) groups is 1. The van der Waals surface area contributed by atoms with Crippen molar-refractivity contribution >= 4 is 11.6 Å². The van der Waals surface area contributed by atoms with E-state index in [4.69, 9.17) is 4.74 Å². The van der Waals surface area contributed by atoms with Gasteiger partial charge in [0.15, 0.2) is 0 Å². The number of alkyl halides is 2. The second kappa shape index (κ2) is 7.21. The summed E-state index contributed by atoms with van der Waals surface area (Å²) in [5.74, 6) is -0.0529. The number of rotatable bonds is 6. The van der Waals surface area contributed by atoms with E-state index in [2.05, 4.69) is 15.4 Å². The number of methoxy groups -OCH3 is 1. The first kappa shape index (κ1) is 17.2. The Morgan fingerprint density at radius 1 is 1.33 bits per heavy atom. The van der Waals surface area contributed by atoms with E-state index in [1.165, 1.54) is 25.3 Å². The minimum absolute atomic E-state index is 0.0504. The lowest BCUT2D eigenvalue weighted by Gasteiger charge is -2.20. The first-order chi connectivity index (χ1) is 9.71. The van der Waals surface area contributed by atoms with E-state index in [0.717, 1.165) is 0 Å². The Bertz CT molecular complexity index is 488. The van der Waals surface area contributed by atoms with Gasteiger partial charge >= 0.3 is 6.61 Å². The SMILES string of the molecule is COc1ccc(OC(F)F)c(NC(=O)CNC(C)(C)C)c1. The van der Waals surface area contributed by atoms with Crippen molar-refractivity contribution in [1.82, 2.24) is 5.32 Å². The Hall–Kier alpha value is -1.89. The van der Waals surface area contributed by atoms with Crippen LogP contribution in [0, 0.1) is 0 Å². The molecule has 0 aliphatic heterocycles. The quantitative estimate of drug-likeness (QED) is 0.848. The Morgan fingerprint density at radius 2 is 2.00 bits per heavy atom. The summed E-state index contributed by atoms with van der Waals surface area (Å²) in [5.41, 5.74) is -0.0936. The fourth-order valence-electron chi connectivity index (χ4n) is 1.47. The molecule has 0 atom stereocenters. The number of hydrogen-bond donors (Lipinski definition) is 2. The fourth-order valence-corrected chi connectivity index (χ4v) is 1.47. The highest BCUT2D eigenvalue weighted by molar-refractivity contribution is 5.94. The molecule has 7 heteroatoms. The lowest BCUT2D eigenvalue weighted by Crippen LogP contribution is -2.41. The standard InChI is InChI=1S/C14H20F2N2O3/c1-14(2,3)17-8-12(19)18-10-7-9(20-4)5-6-11(10)21-13(15)16/h5-7,13,17H,8H2,1-4H3,(H,18,19). The second-order valence-electron chi connectivity index (χ2n) is 5.39. The third-order valence-corrected chi connectivity index (χ3v) is 2.46. The zero-order valence-corrected chi connectivity index (χ0v) is 12.5. The lowest BCUT2D eigenvalue weighted by molar-refractivity contribution is -0.115. The molecule has 0 saturated carbocycles. The van der Waals surface area contributed by atoms with Crippen LogP contribution in [0.15, 0.2) is 18.2 Å². The largest absolute Gasteiger partial charge is 0.497 e. The van der Waals surface area contributed by atoms with Gasteiger partial charge in [-0.2, -0.15) is 8.78 Å². The summed E-state index contributed by atoms with van der Waals surface area (Å²) in [7, 11) is 1.44. The molecule has 0 fully saturated rings. The summed E-state index contributed by atoms with van der Waals surface area (Å²) in [6, 6.07) is 4.21. The van der Waals surface area contributed by atoms with Crippen LogP contribution in [-0.2, 0) is 4.79 Å². The van der Waals surface area contributed by atoms with E-state index in [1.807, 2.05) is 20.8 Å². The molecular formula is C14H20F2N2O3. The van der Waals surface area contributed by atoms with Crippen molar-refractivity contribution in [3.63, 3.8) is 0 Å². The predicted molar refractivity (Wildman–Crippen MR) is 76.0 cm³/mol. The number of hydrogen-bond acceptors (Lipinski definition) is 4. The molecule has 0 aromatic heterocycles. The Kier molecular flexibility index (Phi) is 5.90. The van der Waals surface area contributed by atoms with Gasteiger partial charge < -0.3 is 20.1 Å². The molecule has 0 saturated heterocycles. The highest BCUT2D eigenvalue weighted by atomic mass is 19.3. The molecule has 1 aromatic rings. The summed E-state index contributed by atoms with van der Waals surface area (Å²) >= 11 is 0. The zero-order valence-electron chi connectivity index (χ0n) is 12.5. The third-order valence-electron chi connectivity index (χ3n) is 2.46. The first-order valence-electron chi connectivity index (χ1n) is 6.39. The van der Waals surface area contributed by atoms with Crippen LogP contribution in [0.4, 0.5) is 14.5 Å². The van der Waals surface area contributed by atoms with Gasteiger partial charge in [-0.05, 0) is 32.9 Å². The molecule has 21 heavy (non-hydrogen) atoms. The van der Waals surface area contributed by atoms with Crippen LogP contribution in [0.5, 0.6) is 11.5 Å². The zero-order chi connectivity index (χ0) is 16.0. The molecule has 5 nitrogen and oxygen atoms in total. The van der Waals surface area contributed by atoms with E-state index >= 15 is 0 Å². The number of amides is 1. The number of ether oxygens (including phenoxy) is 2. The van der Waals surface area contributed by atoms with Crippen LogP contribution in [0.1, 0.15) is 20.8 Å². The van der Waals surface area contributed by atoms with Crippen LogP contribution in [0.2, 0.25) is 0 Å². The molecule has 0 unspecified atom stereocenters. The molecule has 0 bridgehead atoms. The van der Waals surface area contributed by atoms with E-state index < -0.39 is 6.61 Å². The van der Waals surface area contributed by atoms with Gasteiger partial charge in [0.2, 0.25) is 5.91 Å². The summed E-state index contributed by atoms with van der Waals surface area (Å²) in [4.78, 5) is 11.8. The maximum absolute atomic E-state index is 12.3. The molecule has 0 heterocycles. The number of halogens is 2. The molecule has 0 radical (unpaired) electrons. The van der Waals surface area contributed by atoms with Crippen molar-refractivity contribution < 1.29 is 23.0 Å². The average molecular weight is 302 g/mol. The van der Waals surface area contributed by atoms with E-state index in [-0.39, 0.29) is 29.4 Å². The summed E-state index contributed by atoms with van der Waals surface area (Å²) in [6.45, 7) is 2.82. The molecule has 0 aliphatic carbocycles. The minimum atomic E-state index is -2.97. The van der Waals surface area contributed by atoms with Gasteiger partial charge in [0.1, 0.15) is 11.5 Å². The number of carbonyl (C=O) groups excluding carboxylic acids is 1. The molecule has 0 aliphatic rings. The maximum atomic E-state index is 12.3. The molecule has 0 spiro atoms. The monoisotopic (exact) mass is 302 g/mol. The van der Waals surface area contributed by atoms with Crippen LogP contribution in [-0.4, -0.2) is 31.7 Å². The van der Waals surface area contributed by atoms with Gasteiger partial charge in [-0.3, -0.25) is 4.79 Å². The first-order valence-corrected chi connectivity index (χ1v) is 6.39. The Morgan fingerprint density at radius 3 is 2.52 bits per heavy atom. The van der Waals surface area contributed by atoms with Gasteiger partial charge in [-0.1, -0.05) is 0 Å². The molecule has 1 amide bonds. The van der Waals surface area contributed by atoms with Gasteiger partial charge in [0.05, 0.1) is 19.3 Å². The van der Waals surface area contributed by atoms with E-state index in [1.54, 1.807) is 0 Å². The predicted octanol–water partition coefficient (Wildman–Crippen LogP) is 2.62. The highest BCUT2D eigenvalue weighted by Crippen LogP contribution is 2.30. The van der Waals surface area contributed by atoms with E-state index in [9.17, 15) is 13.6 Å². The number of benzene rings is 1. The van der Waals surface area contributed by atoms with Crippen LogP contribution < -0.4 is 20.1 Å². The average Bonchev–Trinajstić information content (AvgIpc) is 2.37. The van der Waals surface area contributed by atoms with Crippen LogP contribution in [0.25, 0.3) is 0 Å². The maximum Gasteiger partial charge on any atom is 0.387 e. The normalized spacial score (nSPS) is 11.4. The van der Waals surface area contributed by atoms with Crippen molar-refractivity contribution in [2.75, 3.05) is 19.0 Å². The Balaban J connectivity index is 2.81. The highest BCUT2D eigenvalue weighted by Gasteiger charge is 2.15. The summed E-state index contributed by atoms with van der Waals surface area (Å²) in [6.07, 6.45) is 0. The number of nitrogens with one attached hydrogen (secondary N) is 2. The van der Waals surface area contributed by atoms with Crippen molar-refractivity contribution in [2.45, 2.75) is 32.9 Å². The van der Waals surface area contributed by atoms with Crippen molar-refractivity contribution in [1.29, 1.82) is 0 Å². The van der Waals surface area contributed by atoms with Gasteiger partial charge in [-0.25, -0.2) is 0 Å². The van der Waals surface area contributed by atoms with Crippen LogP contribution >= 0.6 is 0 Å². The Labute approximate surface area is 122 Å². The van der Waals surface area contributed by atoms with Crippen molar-refractivity contribution in [2.24, 2.45) is 0 Å². The summed E-state index contributed by atoms with van der Waals surface area (Å²) < 4.78 is 34.1.